The third kappa shape index (κ3) is 3.24. The zero-order chi connectivity index (χ0) is 13.0. The minimum atomic E-state index is 0.0676. The Morgan fingerprint density at radius 3 is 2.50 bits per heavy atom. The molecule has 18 heavy (non-hydrogen) atoms. The van der Waals surface area contributed by atoms with Crippen LogP contribution in [0.3, 0.4) is 0 Å². The zero-order valence-electron chi connectivity index (χ0n) is 10.8. The van der Waals surface area contributed by atoms with Crippen molar-refractivity contribution in [1.29, 1.82) is 0 Å². The molecule has 4 heteroatoms. The summed E-state index contributed by atoms with van der Waals surface area (Å²) in [5, 5.41) is 9.05. The van der Waals surface area contributed by atoms with Crippen molar-refractivity contribution in [2.24, 2.45) is 5.92 Å². The van der Waals surface area contributed by atoms with Gasteiger partial charge in [0.05, 0.1) is 13.2 Å². The summed E-state index contributed by atoms with van der Waals surface area (Å²) in [4.78, 5) is 16.5. The van der Waals surface area contributed by atoms with Crippen LogP contribution >= 0.6 is 0 Å². The second kappa shape index (κ2) is 6.21. The number of rotatable bonds is 5. The van der Waals surface area contributed by atoms with Crippen molar-refractivity contribution in [3.05, 3.63) is 0 Å². The fourth-order valence-electron chi connectivity index (χ4n) is 2.67. The van der Waals surface area contributed by atoms with Gasteiger partial charge >= 0.3 is 0 Å². The molecule has 2 rings (SSSR count). The van der Waals surface area contributed by atoms with Gasteiger partial charge in [0.1, 0.15) is 0 Å². The Morgan fingerprint density at radius 2 is 2.00 bits per heavy atom. The number of carbonyl (C=O) groups excluding carboxylic acids is 1. The van der Waals surface area contributed by atoms with E-state index in [0.717, 1.165) is 38.8 Å². The summed E-state index contributed by atoms with van der Waals surface area (Å²) in [5.41, 5.74) is 0. The van der Waals surface area contributed by atoms with Gasteiger partial charge < -0.3 is 10.0 Å². The van der Waals surface area contributed by atoms with E-state index >= 15 is 0 Å². The Morgan fingerprint density at radius 1 is 1.33 bits per heavy atom. The van der Waals surface area contributed by atoms with Gasteiger partial charge in [-0.05, 0) is 38.8 Å². The lowest BCUT2D eigenvalue weighted by atomic mass is 9.95. The van der Waals surface area contributed by atoms with Crippen LogP contribution in [0.4, 0.5) is 0 Å². The molecule has 0 aromatic rings. The van der Waals surface area contributed by atoms with Crippen molar-refractivity contribution in [3.8, 4) is 12.3 Å². The Labute approximate surface area is 109 Å². The highest BCUT2D eigenvalue weighted by Gasteiger charge is 2.36. The van der Waals surface area contributed by atoms with Crippen LogP contribution in [0.2, 0.25) is 0 Å². The van der Waals surface area contributed by atoms with E-state index in [1.165, 1.54) is 0 Å². The molecule has 100 valence electrons. The van der Waals surface area contributed by atoms with Gasteiger partial charge in [-0.25, -0.2) is 0 Å². The zero-order valence-corrected chi connectivity index (χ0v) is 10.8. The number of carbonyl (C=O) groups is 1. The molecular formula is C14H22N2O2. The molecule has 0 aromatic carbocycles. The van der Waals surface area contributed by atoms with Crippen LogP contribution in [0.25, 0.3) is 0 Å². The summed E-state index contributed by atoms with van der Waals surface area (Å²) in [7, 11) is 0. The molecule has 1 amide bonds. The second-order valence-corrected chi connectivity index (χ2v) is 5.24. The first-order valence-electron chi connectivity index (χ1n) is 6.83. The summed E-state index contributed by atoms with van der Waals surface area (Å²) in [6, 6.07) is 0.397. The monoisotopic (exact) mass is 250 g/mol. The van der Waals surface area contributed by atoms with Gasteiger partial charge in [0.2, 0.25) is 5.91 Å². The number of nitrogens with zero attached hydrogens (tertiary/aromatic N) is 2. The molecule has 0 atom stereocenters. The molecule has 2 fully saturated rings. The molecule has 1 N–H and O–H groups in total. The van der Waals surface area contributed by atoms with Crippen molar-refractivity contribution in [2.45, 2.75) is 31.7 Å². The number of terminal acetylenes is 1. The van der Waals surface area contributed by atoms with Gasteiger partial charge in [-0.15, -0.1) is 6.42 Å². The molecule has 1 saturated heterocycles. The van der Waals surface area contributed by atoms with Gasteiger partial charge in [0, 0.05) is 18.5 Å². The van der Waals surface area contributed by atoms with E-state index in [9.17, 15) is 4.79 Å². The fourth-order valence-corrected chi connectivity index (χ4v) is 2.67. The van der Waals surface area contributed by atoms with E-state index in [4.69, 9.17) is 11.5 Å². The molecule has 0 aromatic heterocycles. The summed E-state index contributed by atoms with van der Waals surface area (Å²) >= 11 is 0. The van der Waals surface area contributed by atoms with Crippen molar-refractivity contribution in [2.75, 3.05) is 32.8 Å². The lowest BCUT2D eigenvalue weighted by Gasteiger charge is -2.33. The van der Waals surface area contributed by atoms with E-state index in [2.05, 4.69) is 10.8 Å². The smallest absolute Gasteiger partial charge is 0.226 e. The molecule has 4 nitrogen and oxygen atoms in total. The first-order valence-corrected chi connectivity index (χ1v) is 6.83. The first-order chi connectivity index (χ1) is 8.76. The van der Waals surface area contributed by atoms with Crippen LogP contribution in [0.15, 0.2) is 0 Å². The van der Waals surface area contributed by atoms with Gasteiger partial charge in [0.25, 0.3) is 0 Å². The van der Waals surface area contributed by atoms with E-state index in [0.29, 0.717) is 19.1 Å². The van der Waals surface area contributed by atoms with Crippen LogP contribution < -0.4 is 0 Å². The molecule has 0 radical (unpaired) electrons. The number of piperidine rings is 1. The van der Waals surface area contributed by atoms with Crippen molar-refractivity contribution in [3.63, 3.8) is 0 Å². The normalized spacial score (nSPS) is 21.6. The third-order valence-corrected chi connectivity index (χ3v) is 3.86. The Kier molecular flexibility index (Phi) is 4.62. The average molecular weight is 250 g/mol. The highest BCUT2D eigenvalue weighted by atomic mass is 16.3. The standard InChI is InChI=1S/C14H22N2O2/c1-2-7-15-8-5-12(6-9-15)14(18)16(10-11-17)13-3-4-13/h1,12-13,17H,3-11H2. The molecular weight excluding hydrogens is 228 g/mol. The Balaban J connectivity index is 1.84. The minimum absolute atomic E-state index is 0.0676. The number of likely N-dealkylation sites (tertiary alicyclic amines) is 1. The van der Waals surface area contributed by atoms with Gasteiger partial charge in [-0.1, -0.05) is 5.92 Å². The van der Waals surface area contributed by atoms with E-state index in [1.54, 1.807) is 0 Å². The Bertz CT molecular complexity index is 325. The number of aliphatic hydroxyl groups excluding tert-OH is 1. The molecule has 2 aliphatic rings. The van der Waals surface area contributed by atoms with Gasteiger partial charge in [0.15, 0.2) is 0 Å². The average Bonchev–Trinajstić information content (AvgIpc) is 3.21. The predicted octanol–water partition coefficient (Wildman–Crippen LogP) is 0.315. The summed E-state index contributed by atoms with van der Waals surface area (Å²) in [6.45, 7) is 3.08. The van der Waals surface area contributed by atoms with Crippen molar-refractivity contribution < 1.29 is 9.90 Å². The third-order valence-electron chi connectivity index (χ3n) is 3.86. The molecule has 1 heterocycles. The molecule has 1 aliphatic carbocycles. The van der Waals surface area contributed by atoms with Crippen LogP contribution in [0, 0.1) is 18.3 Å². The maximum atomic E-state index is 12.4. The SMILES string of the molecule is C#CCN1CCC(C(=O)N(CCO)C2CC2)CC1. The van der Waals surface area contributed by atoms with Crippen LogP contribution in [0.5, 0.6) is 0 Å². The lowest BCUT2D eigenvalue weighted by Crippen LogP contribution is -2.44. The quantitative estimate of drug-likeness (QED) is 0.714. The van der Waals surface area contributed by atoms with Crippen molar-refractivity contribution >= 4 is 5.91 Å². The van der Waals surface area contributed by atoms with Crippen LogP contribution in [-0.2, 0) is 4.79 Å². The van der Waals surface area contributed by atoms with E-state index in [-0.39, 0.29) is 18.4 Å². The number of aliphatic hydroxyl groups is 1. The largest absolute Gasteiger partial charge is 0.395 e. The second-order valence-electron chi connectivity index (χ2n) is 5.24. The highest BCUT2D eigenvalue weighted by molar-refractivity contribution is 5.79. The van der Waals surface area contributed by atoms with E-state index in [1.807, 2.05) is 4.90 Å². The molecule has 0 unspecified atom stereocenters. The van der Waals surface area contributed by atoms with Gasteiger partial charge in [-0.3, -0.25) is 9.69 Å². The number of amides is 1. The Hall–Kier alpha value is -1.05. The lowest BCUT2D eigenvalue weighted by molar-refractivity contribution is -0.138. The summed E-state index contributed by atoms with van der Waals surface area (Å²) in [6.07, 6.45) is 9.29. The molecule has 1 aliphatic heterocycles. The molecule has 0 spiro atoms. The fraction of sp³-hybridized carbons (Fsp3) is 0.786. The topological polar surface area (TPSA) is 43.8 Å². The van der Waals surface area contributed by atoms with Crippen molar-refractivity contribution in [1.82, 2.24) is 9.80 Å². The van der Waals surface area contributed by atoms with Crippen LogP contribution in [0.1, 0.15) is 25.7 Å². The summed E-state index contributed by atoms with van der Waals surface area (Å²) < 4.78 is 0. The molecule has 0 bridgehead atoms. The number of hydrogen-bond donors (Lipinski definition) is 1. The highest BCUT2D eigenvalue weighted by Crippen LogP contribution is 2.30. The number of hydrogen-bond acceptors (Lipinski definition) is 3. The van der Waals surface area contributed by atoms with Crippen LogP contribution in [-0.4, -0.2) is 59.6 Å². The summed E-state index contributed by atoms with van der Waals surface area (Å²) in [5.74, 6) is 3.02. The van der Waals surface area contributed by atoms with E-state index < -0.39 is 0 Å². The minimum Gasteiger partial charge on any atom is -0.395 e. The maximum absolute atomic E-state index is 12.4. The molecule has 1 saturated carbocycles. The first kappa shape index (κ1) is 13.4. The van der Waals surface area contributed by atoms with Gasteiger partial charge in [-0.2, -0.15) is 0 Å². The predicted molar refractivity (Wildman–Crippen MR) is 69.8 cm³/mol. The maximum Gasteiger partial charge on any atom is 0.226 e.